The minimum Gasteiger partial charge on any atom is -0.410 e. The van der Waals surface area contributed by atoms with Crippen molar-refractivity contribution in [2.75, 3.05) is 0 Å². The van der Waals surface area contributed by atoms with Gasteiger partial charge in [-0.25, -0.2) is 0 Å². The van der Waals surface area contributed by atoms with Crippen LogP contribution in [-0.2, 0) is 0 Å². The van der Waals surface area contributed by atoms with Gasteiger partial charge < -0.3 is 5.21 Å². The summed E-state index contributed by atoms with van der Waals surface area (Å²) in [5, 5.41) is 12.4. The van der Waals surface area contributed by atoms with Crippen LogP contribution in [0.1, 0.15) is 47.0 Å². The van der Waals surface area contributed by atoms with Crippen molar-refractivity contribution < 1.29 is 5.21 Å². The standard InChI is InChI=1S/C15H23NO/c1-12-6-5-7-13(2)14(16-17)9-11-15(3,4)10-8-12/h7-9,11,17H,5-6,10H2,1-4H3/b11-9+,12-8+,13-7+,16-14-. The lowest BCUT2D eigenvalue weighted by Gasteiger charge is -2.18. The molecule has 0 spiro atoms. The van der Waals surface area contributed by atoms with E-state index in [0.29, 0.717) is 5.71 Å². The Morgan fingerprint density at radius 2 is 1.94 bits per heavy atom. The minimum atomic E-state index is 0.0990. The van der Waals surface area contributed by atoms with Gasteiger partial charge in [0.15, 0.2) is 0 Å². The Bertz CT molecular complexity index is 384. The largest absolute Gasteiger partial charge is 0.410 e. The first-order valence-corrected chi connectivity index (χ1v) is 6.19. The molecule has 94 valence electrons. The van der Waals surface area contributed by atoms with E-state index in [9.17, 15) is 0 Å². The predicted molar refractivity (Wildman–Crippen MR) is 73.5 cm³/mol. The molecule has 2 heteroatoms. The van der Waals surface area contributed by atoms with Gasteiger partial charge in [-0.05, 0) is 50.2 Å². The molecule has 0 unspecified atom stereocenters. The van der Waals surface area contributed by atoms with Crippen molar-refractivity contribution in [3.05, 3.63) is 35.5 Å². The van der Waals surface area contributed by atoms with Gasteiger partial charge in [0.2, 0.25) is 0 Å². The van der Waals surface area contributed by atoms with Crippen LogP contribution in [0.25, 0.3) is 0 Å². The fourth-order valence-electron chi connectivity index (χ4n) is 1.78. The molecule has 1 rings (SSSR count). The zero-order chi connectivity index (χ0) is 12.9. The van der Waals surface area contributed by atoms with E-state index in [-0.39, 0.29) is 5.41 Å². The van der Waals surface area contributed by atoms with Crippen LogP contribution in [0, 0.1) is 5.41 Å². The lowest BCUT2D eigenvalue weighted by molar-refractivity contribution is 0.319. The van der Waals surface area contributed by atoms with Crippen LogP contribution in [0.15, 0.2) is 40.6 Å². The van der Waals surface area contributed by atoms with E-state index in [4.69, 9.17) is 5.21 Å². The average molecular weight is 233 g/mol. The molecule has 0 saturated heterocycles. The molecule has 1 aliphatic rings. The van der Waals surface area contributed by atoms with E-state index in [1.807, 2.05) is 13.0 Å². The van der Waals surface area contributed by atoms with E-state index >= 15 is 0 Å². The molecule has 0 aromatic carbocycles. The normalized spacial score (nSPS) is 31.9. The number of nitrogens with zero attached hydrogens (tertiary/aromatic N) is 1. The maximum atomic E-state index is 9.02. The summed E-state index contributed by atoms with van der Waals surface area (Å²) >= 11 is 0. The maximum absolute atomic E-state index is 9.02. The molecule has 1 aliphatic carbocycles. The SMILES string of the molecule is C/C1=C\CC(C)(C)/C=C/C(=N/O)C(/C)=C/CC1. The molecule has 0 fully saturated rings. The third kappa shape index (κ3) is 4.59. The van der Waals surface area contributed by atoms with E-state index in [0.717, 1.165) is 24.8 Å². The minimum absolute atomic E-state index is 0.0990. The van der Waals surface area contributed by atoms with Crippen molar-refractivity contribution in [2.24, 2.45) is 10.6 Å². The van der Waals surface area contributed by atoms with Gasteiger partial charge in [-0.3, -0.25) is 0 Å². The highest BCUT2D eigenvalue weighted by Crippen LogP contribution is 2.25. The van der Waals surface area contributed by atoms with Crippen molar-refractivity contribution in [1.82, 2.24) is 0 Å². The molecular formula is C15H23NO. The molecule has 0 aliphatic heterocycles. The Balaban J connectivity index is 3.03. The van der Waals surface area contributed by atoms with Crippen molar-refractivity contribution >= 4 is 5.71 Å². The first kappa shape index (κ1) is 13.8. The molecule has 0 aromatic heterocycles. The Morgan fingerprint density at radius 1 is 1.24 bits per heavy atom. The van der Waals surface area contributed by atoms with Gasteiger partial charge in [-0.15, -0.1) is 0 Å². The van der Waals surface area contributed by atoms with Crippen LogP contribution >= 0.6 is 0 Å². The van der Waals surface area contributed by atoms with Crippen LogP contribution in [0.5, 0.6) is 0 Å². The second-order valence-electron chi connectivity index (χ2n) is 5.49. The first-order valence-electron chi connectivity index (χ1n) is 6.19. The van der Waals surface area contributed by atoms with Crippen LogP contribution < -0.4 is 0 Å². The zero-order valence-electron chi connectivity index (χ0n) is 11.3. The molecule has 0 saturated carbocycles. The third-order valence-corrected chi connectivity index (χ3v) is 3.17. The molecule has 0 heterocycles. The maximum Gasteiger partial charge on any atom is 0.104 e. The fourth-order valence-corrected chi connectivity index (χ4v) is 1.78. The molecule has 1 N–H and O–H groups in total. The lowest BCUT2D eigenvalue weighted by atomic mass is 9.87. The summed E-state index contributed by atoms with van der Waals surface area (Å²) in [6, 6.07) is 0. The Kier molecular flexibility index (Phi) is 4.73. The molecule has 0 aromatic rings. The Labute approximate surface area is 104 Å². The average Bonchev–Trinajstić information content (AvgIpc) is 2.28. The number of rotatable bonds is 0. The van der Waals surface area contributed by atoms with Crippen LogP contribution in [0.3, 0.4) is 0 Å². The molecule has 0 amide bonds. The van der Waals surface area contributed by atoms with Gasteiger partial charge in [0.25, 0.3) is 0 Å². The summed E-state index contributed by atoms with van der Waals surface area (Å²) in [5.41, 5.74) is 3.23. The number of allylic oxidation sites excluding steroid dienone is 6. The van der Waals surface area contributed by atoms with Crippen molar-refractivity contribution in [2.45, 2.75) is 47.0 Å². The summed E-state index contributed by atoms with van der Waals surface area (Å²) in [6.45, 7) is 8.56. The quantitative estimate of drug-likeness (QED) is 0.373. The highest BCUT2D eigenvalue weighted by atomic mass is 16.4. The van der Waals surface area contributed by atoms with Crippen LogP contribution in [-0.4, -0.2) is 10.9 Å². The molecule has 2 nitrogen and oxygen atoms in total. The van der Waals surface area contributed by atoms with E-state index in [1.165, 1.54) is 5.57 Å². The first-order chi connectivity index (χ1) is 7.94. The number of hydrogen-bond donors (Lipinski definition) is 1. The van der Waals surface area contributed by atoms with Crippen LogP contribution in [0.2, 0.25) is 0 Å². The number of hydrogen-bond acceptors (Lipinski definition) is 2. The van der Waals surface area contributed by atoms with E-state index < -0.39 is 0 Å². The highest BCUT2D eigenvalue weighted by Gasteiger charge is 2.13. The summed E-state index contributed by atoms with van der Waals surface area (Å²) in [7, 11) is 0. The molecule has 17 heavy (non-hydrogen) atoms. The number of oxime groups is 1. The van der Waals surface area contributed by atoms with Gasteiger partial charge in [-0.1, -0.05) is 42.8 Å². The summed E-state index contributed by atoms with van der Waals surface area (Å²) in [6.07, 6.45) is 11.6. The highest BCUT2D eigenvalue weighted by molar-refractivity contribution is 6.07. The molecule has 0 atom stereocenters. The Hall–Kier alpha value is -1.31. The smallest absolute Gasteiger partial charge is 0.104 e. The monoisotopic (exact) mass is 233 g/mol. The van der Waals surface area contributed by atoms with Gasteiger partial charge in [0.1, 0.15) is 5.71 Å². The van der Waals surface area contributed by atoms with Gasteiger partial charge in [0.05, 0.1) is 0 Å². The van der Waals surface area contributed by atoms with Gasteiger partial charge >= 0.3 is 0 Å². The van der Waals surface area contributed by atoms with Crippen LogP contribution in [0.4, 0.5) is 0 Å². The van der Waals surface area contributed by atoms with E-state index in [1.54, 1.807) is 0 Å². The predicted octanol–water partition coefficient (Wildman–Crippen LogP) is 4.48. The topological polar surface area (TPSA) is 32.6 Å². The van der Waals surface area contributed by atoms with E-state index in [2.05, 4.69) is 44.2 Å². The summed E-state index contributed by atoms with van der Waals surface area (Å²) < 4.78 is 0. The summed E-state index contributed by atoms with van der Waals surface area (Å²) in [5.74, 6) is 0. The summed E-state index contributed by atoms with van der Waals surface area (Å²) in [4.78, 5) is 0. The molecule has 0 radical (unpaired) electrons. The lowest BCUT2D eigenvalue weighted by Crippen LogP contribution is -2.07. The second-order valence-corrected chi connectivity index (χ2v) is 5.49. The molecule has 0 bridgehead atoms. The van der Waals surface area contributed by atoms with Crippen molar-refractivity contribution in [3.63, 3.8) is 0 Å². The zero-order valence-corrected chi connectivity index (χ0v) is 11.3. The van der Waals surface area contributed by atoms with Crippen molar-refractivity contribution in [1.29, 1.82) is 0 Å². The third-order valence-electron chi connectivity index (χ3n) is 3.17. The van der Waals surface area contributed by atoms with Gasteiger partial charge in [0, 0.05) is 0 Å². The second kappa shape index (κ2) is 5.85. The fraction of sp³-hybridized carbons (Fsp3) is 0.533. The van der Waals surface area contributed by atoms with Gasteiger partial charge in [-0.2, -0.15) is 0 Å². The molecular weight excluding hydrogens is 210 g/mol. The van der Waals surface area contributed by atoms with Crippen molar-refractivity contribution in [3.8, 4) is 0 Å². The Morgan fingerprint density at radius 3 is 2.59 bits per heavy atom.